The Morgan fingerprint density at radius 1 is 0.300 bits per heavy atom. The van der Waals surface area contributed by atoms with Gasteiger partial charge in [0.2, 0.25) is 0 Å². The molecule has 3 heterocycles. The highest BCUT2D eigenvalue weighted by Gasteiger charge is 2.17. The molecule has 0 spiro atoms. The molecule has 0 N–H and O–H groups in total. The van der Waals surface area contributed by atoms with Crippen LogP contribution in [0.3, 0.4) is 0 Å². The second kappa shape index (κ2) is 11.8. The fourth-order valence-corrected chi connectivity index (χ4v) is 9.39. The van der Waals surface area contributed by atoms with Crippen LogP contribution < -0.4 is 0 Å². The van der Waals surface area contributed by atoms with E-state index in [4.69, 9.17) is 15.0 Å². The van der Waals surface area contributed by atoms with Crippen LogP contribution in [0, 0.1) is 0 Å². The van der Waals surface area contributed by atoms with Crippen molar-refractivity contribution >= 4 is 63.0 Å². The van der Waals surface area contributed by atoms with Gasteiger partial charge in [0, 0.05) is 57.0 Å². The molecule has 0 saturated heterocycles. The van der Waals surface area contributed by atoms with Crippen molar-refractivity contribution in [2.24, 2.45) is 0 Å². The SMILES string of the molecule is c1ccc(-c2nc(-c3ccccc3)nc(-c3cccc(-c4cccc5c4sc4c(-c6ccc7sc8ccccc8c7c6)cccc45)c3)n2)cc1. The summed E-state index contributed by atoms with van der Waals surface area (Å²) in [4.78, 5) is 14.9. The average molecular weight is 674 g/mol. The smallest absolute Gasteiger partial charge is 0.164 e. The van der Waals surface area contributed by atoms with Crippen LogP contribution in [0.1, 0.15) is 0 Å². The van der Waals surface area contributed by atoms with E-state index in [0.29, 0.717) is 17.5 Å². The number of hydrogen-bond acceptors (Lipinski definition) is 5. The van der Waals surface area contributed by atoms with Crippen LogP contribution in [0.5, 0.6) is 0 Å². The Bertz CT molecular complexity index is 2810. The van der Waals surface area contributed by atoms with Crippen LogP contribution in [0.15, 0.2) is 164 Å². The monoisotopic (exact) mass is 673 g/mol. The number of benzene rings is 7. The van der Waals surface area contributed by atoms with Crippen molar-refractivity contribution in [3.8, 4) is 56.4 Å². The molecule has 50 heavy (non-hydrogen) atoms. The van der Waals surface area contributed by atoms with Gasteiger partial charge in [-0.2, -0.15) is 0 Å². The lowest BCUT2D eigenvalue weighted by Crippen LogP contribution is -2.00. The lowest BCUT2D eigenvalue weighted by molar-refractivity contribution is 1.07. The normalized spacial score (nSPS) is 11.6. The maximum absolute atomic E-state index is 4.99. The Labute approximate surface area is 296 Å². The van der Waals surface area contributed by atoms with Crippen LogP contribution in [0.4, 0.5) is 0 Å². The molecule has 3 aromatic heterocycles. The number of hydrogen-bond donors (Lipinski definition) is 0. The predicted octanol–water partition coefficient (Wildman–Crippen LogP) is 12.9. The van der Waals surface area contributed by atoms with E-state index in [0.717, 1.165) is 22.3 Å². The molecule has 0 aliphatic heterocycles. The first kappa shape index (κ1) is 29.0. The van der Waals surface area contributed by atoms with E-state index in [9.17, 15) is 0 Å². The van der Waals surface area contributed by atoms with Gasteiger partial charge in [-0.05, 0) is 46.5 Å². The second-order valence-electron chi connectivity index (χ2n) is 12.4. The van der Waals surface area contributed by atoms with E-state index >= 15 is 0 Å². The van der Waals surface area contributed by atoms with Crippen LogP contribution in [-0.2, 0) is 0 Å². The van der Waals surface area contributed by atoms with E-state index in [-0.39, 0.29) is 0 Å². The van der Waals surface area contributed by atoms with Gasteiger partial charge in [0.05, 0.1) is 0 Å². The Morgan fingerprint density at radius 2 is 0.780 bits per heavy atom. The first-order chi connectivity index (χ1) is 24.8. The number of aromatic nitrogens is 3. The first-order valence-corrected chi connectivity index (χ1v) is 18.2. The molecule has 5 heteroatoms. The standard InChI is InChI=1S/C45H27N3S2/c1-3-12-28(13-4-1)43-46-44(29-14-5-2-6-15-29)48-45(47-43)32-17-9-16-30(26-32)33-19-10-21-36-37-22-11-20-34(42(37)50-41(33)36)31-24-25-40-38(27-31)35-18-7-8-23-39(35)49-40/h1-27H. The van der Waals surface area contributed by atoms with Crippen LogP contribution in [0.25, 0.3) is 96.8 Å². The summed E-state index contributed by atoms with van der Waals surface area (Å²) in [6.45, 7) is 0. The van der Waals surface area contributed by atoms with Gasteiger partial charge in [0.25, 0.3) is 0 Å². The summed E-state index contributed by atoms with van der Waals surface area (Å²) in [6.07, 6.45) is 0. The summed E-state index contributed by atoms with van der Waals surface area (Å²) in [5, 5.41) is 5.20. The topological polar surface area (TPSA) is 38.7 Å². The Hall–Kier alpha value is -6.01. The lowest BCUT2D eigenvalue weighted by atomic mass is 9.98. The summed E-state index contributed by atoms with van der Waals surface area (Å²) in [5.74, 6) is 1.97. The zero-order valence-electron chi connectivity index (χ0n) is 26.7. The molecule has 0 amide bonds. The highest BCUT2D eigenvalue weighted by molar-refractivity contribution is 7.27. The molecule has 0 radical (unpaired) electrons. The van der Waals surface area contributed by atoms with Gasteiger partial charge in [-0.15, -0.1) is 22.7 Å². The Balaban J connectivity index is 1.11. The molecule has 3 nitrogen and oxygen atoms in total. The molecule has 0 aliphatic carbocycles. The summed E-state index contributed by atoms with van der Waals surface area (Å²) in [6, 6.07) is 57.9. The summed E-state index contributed by atoms with van der Waals surface area (Å²) < 4.78 is 5.24. The molecule has 10 rings (SSSR count). The van der Waals surface area contributed by atoms with Crippen molar-refractivity contribution in [1.29, 1.82) is 0 Å². The van der Waals surface area contributed by atoms with E-state index < -0.39 is 0 Å². The van der Waals surface area contributed by atoms with Gasteiger partial charge in [0.1, 0.15) is 0 Å². The molecule has 0 fully saturated rings. The zero-order valence-corrected chi connectivity index (χ0v) is 28.4. The van der Waals surface area contributed by atoms with Gasteiger partial charge in [-0.3, -0.25) is 0 Å². The fourth-order valence-electron chi connectivity index (χ4n) is 6.93. The third-order valence-electron chi connectivity index (χ3n) is 9.34. The van der Waals surface area contributed by atoms with E-state index in [1.54, 1.807) is 0 Å². The van der Waals surface area contributed by atoms with Crippen molar-refractivity contribution in [2.75, 3.05) is 0 Å². The minimum Gasteiger partial charge on any atom is -0.208 e. The zero-order chi connectivity index (χ0) is 33.0. The highest BCUT2D eigenvalue weighted by Crippen LogP contribution is 2.45. The van der Waals surface area contributed by atoms with Gasteiger partial charge in [-0.25, -0.2) is 15.0 Å². The first-order valence-electron chi connectivity index (χ1n) is 16.6. The molecule has 234 valence electrons. The number of nitrogens with zero attached hydrogens (tertiary/aromatic N) is 3. The average Bonchev–Trinajstić information content (AvgIpc) is 3.77. The maximum Gasteiger partial charge on any atom is 0.164 e. The minimum atomic E-state index is 0.654. The van der Waals surface area contributed by atoms with E-state index in [1.807, 2.05) is 83.3 Å². The second-order valence-corrected chi connectivity index (χ2v) is 14.5. The summed E-state index contributed by atoms with van der Waals surface area (Å²) >= 11 is 3.74. The molecule has 7 aromatic carbocycles. The van der Waals surface area contributed by atoms with Crippen molar-refractivity contribution in [3.05, 3.63) is 164 Å². The molecule has 0 unspecified atom stereocenters. The molecule has 0 atom stereocenters. The van der Waals surface area contributed by atoms with Crippen LogP contribution in [-0.4, -0.2) is 15.0 Å². The fraction of sp³-hybridized carbons (Fsp3) is 0. The molecule has 10 aromatic rings. The highest BCUT2D eigenvalue weighted by atomic mass is 32.1. The van der Waals surface area contributed by atoms with Crippen molar-refractivity contribution in [3.63, 3.8) is 0 Å². The van der Waals surface area contributed by atoms with E-state index in [1.165, 1.54) is 57.0 Å². The van der Waals surface area contributed by atoms with Crippen LogP contribution in [0.2, 0.25) is 0 Å². The molecular weight excluding hydrogens is 647 g/mol. The van der Waals surface area contributed by atoms with Gasteiger partial charge < -0.3 is 0 Å². The maximum atomic E-state index is 4.99. The molecular formula is C45H27N3S2. The molecule has 0 aliphatic rings. The predicted molar refractivity (Wildman–Crippen MR) is 213 cm³/mol. The minimum absolute atomic E-state index is 0.654. The number of thiophene rings is 2. The third-order valence-corrected chi connectivity index (χ3v) is 11.8. The Kier molecular flexibility index (Phi) is 6.86. The largest absolute Gasteiger partial charge is 0.208 e. The molecule has 0 saturated carbocycles. The van der Waals surface area contributed by atoms with E-state index in [2.05, 4.69) is 103 Å². The van der Waals surface area contributed by atoms with Crippen molar-refractivity contribution in [2.45, 2.75) is 0 Å². The third kappa shape index (κ3) is 4.90. The molecule has 0 bridgehead atoms. The van der Waals surface area contributed by atoms with Gasteiger partial charge >= 0.3 is 0 Å². The summed E-state index contributed by atoms with van der Waals surface area (Å²) in [5.41, 5.74) is 7.73. The lowest BCUT2D eigenvalue weighted by Gasteiger charge is -2.10. The van der Waals surface area contributed by atoms with Crippen LogP contribution >= 0.6 is 22.7 Å². The quantitative estimate of drug-likeness (QED) is 0.182. The number of rotatable bonds is 5. The Morgan fingerprint density at radius 3 is 1.44 bits per heavy atom. The van der Waals surface area contributed by atoms with Crippen molar-refractivity contribution in [1.82, 2.24) is 15.0 Å². The van der Waals surface area contributed by atoms with Crippen molar-refractivity contribution < 1.29 is 0 Å². The van der Waals surface area contributed by atoms with Gasteiger partial charge in [0.15, 0.2) is 17.5 Å². The number of fused-ring (bicyclic) bond motifs is 6. The van der Waals surface area contributed by atoms with Gasteiger partial charge in [-0.1, -0.05) is 140 Å². The summed E-state index contributed by atoms with van der Waals surface area (Å²) in [7, 11) is 0.